The second-order valence-corrected chi connectivity index (χ2v) is 6.44. The van der Waals surface area contributed by atoms with Gasteiger partial charge in [-0.25, -0.2) is 0 Å². The van der Waals surface area contributed by atoms with Gasteiger partial charge in [0.1, 0.15) is 0 Å². The van der Waals surface area contributed by atoms with E-state index in [9.17, 15) is 9.59 Å². The molecule has 0 bridgehead atoms. The van der Waals surface area contributed by atoms with Crippen molar-refractivity contribution in [2.75, 3.05) is 32.6 Å². The number of carbonyl (C=O) groups is 2. The molecule has 0 saturated heterocycles. The number of likely N-dealkylation sites (N-methyl/N-ethyl adjacent to an activating group) is 1. The Morgan fingerprint density at radius 3 is 2.32 bits per heavy atom. The maximum Gasteiger partial charge on any atom is 0.251 e. The molecule has 0 aliphatic carbocycles. The number of hydrogen-bond donors (Lipinski definition) is 1. The van der Waals surface area contributed by atoms with Gasteiger partial charge >= 0.3 is 0 Å². The van der Waals surface area contributed by atoms with E-state index in [1.54, 1.807) is 36.2 Å². The Bertz CT molecular complexity index is 745. The molecule has 0 aromatic heterocycles. The maximum absolute atomic E-state index is 12.2. The van der Waals surface area contributed by atoms with Crippen molar-refractivity contribution in [3.8, 4) is 0 Å². The lowest BCUT2D eigenvalue weighted by molar-refractivity contribution is -0.129. The fraction of sp³-hybridized carbons (Fsp3) is 0.263. The van der Waals surface area contributed by atoms with Crippen LogP contribution in [0.15, 0.2) is 48.5 Å². The lowest BCUT2D eigenvalue weighted by Crippen LogP contribution is -2.37. The number of amides is 2. The molecule has 132 valence electrons. The number of anilines is 1. The van der Waals surface area contributed by atoms with Crippen LogP contribution < -0.4 is 10.2 Å². The molecule has 0 spiro atoms. The second kappa shape index (κ2) is 8.53. The quantitative estimate of drug-likeness (QED) is 0.862. The zero-order valence-corrected chi connectivity index (χ0v) is 15.4. The SMILES string of the molecule is CN(Cc1ccc(N(C)C)cc1)C(=O)CNC(=O)c1cccc(Cl)c1. The highest BCUT2D eigenvalue weighted by atomic mass is 35.5. The molecule has 1 N–H and O–H groups in total. The minimum atomic E-state index is -0.320. The third-order valence-electron chi connectivity index (χ3n) is 3.79. The van der Waals surface area contributed by atoms with Gasteiger partial charge in [-0.1, -0.05) is 29.8 Å². The zero-order chi connectivity index (χ0) is 18.4. The van der Waals surface area contributed by atoms with E-state index in [1.165, 1.54) is 0 Å². The van der Waals surface area contributed by atoms with Crippen molar-refractivity contribution in [1.82, 2.24) is 10.2 Å². The number of hydrogen-bond acceptors (Lipinski definition) is 3. The van der Waals surface area contributed by atoms with Gasteiger partial charge in [0, 0.05) is 44.0 Å². The summed E-state index contributed by atoms with van der Waals surface area (Å²) < 4.78 is 0. The highest BCUT2D eigenvalue weighted by molar-refractivity contribution is 6.30. The molecule has 0 atom stereocenters. The first-order valence-electron chi connectivity index (χ1n) is 7.91. The van der Waals surface area contributed by atoms with Crippen molar-refractivity contribution in [3.63, 3.8) is 0 Å². The van der Waals surface area contributed by atoms with Crippen LogP contribution in [-0.2, 0) is 11.3 Å². The van der Waals surface area contributed by atoms with Crippen molar-refractivity contribution in [2.24, 2.45) is 0 Å². The summed E-state index contributed by atoms with van der Waals surface area (Å²) in [6.45, 7) is 0.428. The van der Waals surface area contributed by atoms with Gasteiger partial charge in [-0.3, -0.25) is 9.59 Å². The number of benzene rings is 2. The largest absolute Gasteiger partial charge is 0.378 e. The third-order valence-corrected chi connectivity index (χ3v) is 4.02. The van der Waals surface area contributed by atoms with Crippen LogP contribution in [0.3, 0.4) is 0 Å². The number of nitrogens with one attached hydrogen (secondary N) is 1. The molecule has 0 aliphatic rings. The second-order valence-electron chi connectivity index (χ2n) is 6.00. The molecule has 0 saturated carbocycles. The van der Waals surface area contributed by atoms with E-state index < -0.39 is 0 Å². The summed E-state index contributed by atoms with van der Waals surface area (Å²) in [5, 5.41) is 3.10. The molecule has 0 heterocycles. The molecule has 2 rings (SSSR count). The topological polar surface area (TPSA) is 52.6 Å². The Hall–Kier alpha value is -2.53. The van der Waals surface area contributed by atoms with Crippen molar-refractivity contribution in [2.45, 2.75) is 6.54 Å². The molecule has 2 aromatic rings. The fourth-order valence-electron chi connectivity index (χ4n) is 2.28. The average Bonchev–Trinajstić information content (AvgIpc) is 2.59. The summed E-state index contributed by atoms with van der Waals surface area (Å²) in [5.41, 5.74) is 2.57. The Morgan fingerprint density at radius 2 is 1.72 bits per heavy atom. The van der Waals surface area contributed by atoms with E-state index >= 15 is 0 Å². The lowest BCUT2D eigenvalue weighted by atomic mass is 10.2. The highest BCUT2D eigenvalue weighted by Crippen LogP contribution is 2.13. The normalized spacial score (nSPS) is 10.2. The number of nitrogens with zero attached hydrogens (tertiary/aromatic N) is 2. The van der Waals surface area contributed by atoms with Gasteiger partial charge in [0.05, 0.1) is 6.54 Å². The Kier molecular flexibility index (Phi) is 6.42. The highest BCUT2D eigenvalue weighted by Gasteiger charge is 2.12. The van der Waals surface area contributed by atoms with Gasteiger partial charge in [0.2, 0.25) is 5.91 Å². The molecular formula is C19H22ClN3O2. The minimum Gasteiger partial charge on any atom is -0.378 e. The molecule has 25 heavy (non-hydrogen) atoms. The predicted octanol–water partition coefficient (Wildman–Crippen LogP) is 2.79. The first kappa shape index (κ1) is 18.8. The first-order chi connectivity index (χ1) is 11.9. The van der Waals surface area contributed by atoms with Gasteiger partial charge in [-0.15, -0.1) is 0 Å². The fourth-order valence-corrected chi connectivity index (χ4v) is 2.47. The van der Waals surface area contributed by atoms with Crippen molar-refractivity contribution in [3.05, 3.63) is 64.7 Å². The van der Waals surface area contributed by atoms with E-state index in [1.807, 2.05) is 43.3 Å². The lowest BCUT2D eigenvalue weighted by Gasteiger charge is -2.19. The van der Waals surface area contributed by atoms with Crippen LogP contribution in [-0.4, -0.2) is 44.4 Å². The van der Waals surface area contributed by atoms with E-state index in [-0.39, 0.29) is 18.4 Å². The van der Waals surface area contributed by atoms with Crippen LogP contribution >= 0.6 is 11.6 Å². The van der Waals surface area contributed by atoms with E-state index in [0.717, 1.165) is 11.3 Å². The van der Waals surface area contributed by atoms with Crippen LogP contribution in [0, 0.1) is 0 Å². The van der Waals surface area contributed by atoms with Gasteiger partial charge in [0.15, 0.2) is 0 Å². The summed E-state index contributed by atoms with van der Waals surface area (Å²) >= 11 is 5.86. The Morgan fingerprint density at radius 1 is 1.04 bits per heavy atom. The Balaban J connectivity index is 1.86. The number of carbonyl (C=O) groups excluding carboxylic acids is 2. The monoisotopic (exact) mass is 359 g/mol. The molecule has 0 fully saturated rings. The van der Waals surface area contributed by atoms with E-state index in [0.29, 0.717) is 17.1 Å². The molecule has 0 radical (unpaired) electrons. The maximum atomic E-state index is 12.2. The van der Waals surface area contributed by atoms with Gasteiger partial charge in [-0.05, 0) is 35.9 Å². The molecule has 2 amide bonds. The number of rotatable bonds is 6. The van der Waals surface area contributed by atoms with Crippen molar-refractivity contribution >= 4 is 29.1 Å². The molecule has 5 nitrogen and oxygen atoms in total. The van der Waals surface area contributed by atoms with Crippen LogP contribution in [0.5, 0.6) is 0 Å². The molecular weight excluding hydrogens is 338 g/mol. The van der Waals surface area contributed by atoms with Crippen molar-refractivity contribution in [1.29, 1.82) is 0 Å². The minimum absolute atomic E-state index is 0.0579. The average molecular weight is 360 g/mol. The van der Waals surface area contributed by atoms with Crippen LogP contribution in [0.4, 0.5) is 5.69 Å². The summed E-state index contributed by atoms with van der Waals surface area (Å²) in [5.74, 6) is -0.480. The van der Waals surface area contributed by atoms with Gasteiger partial charge in [-0.2, -0.15) is 0 Å². The van der Waals surface area contributed by atoms with E-state index in [4.69, 9.17) is 11.6 Å². The van der Waals surface area contributed by atoms with Crippen LogP contribution in [0.1, 0.15) is 15.9 Å². The van der Waals surface area contributed by atoms with Crippen molar-refractivity contribution < 1.29 is 9.59 Å². The molecule has 6 heteroatoms. The summed E-state index contributed by atoms with van der Waals surface area (Å²) in [4.78, 5) is 27.8. The van der Waals surface area contributed by atoms with Gasteiger partial charge < -0.3 is 15.1 Å². The zero-order valence-electron chi connectivity index (χ0n) is 14.6. The van der Waals surface area contributed by atoms with Crippen LogP contribution in [0.25, 0.3) is 0 Å². The smallest absolute Gasteiger partial charge is 0.251 e. The number of halogens is 1. The Labute approximate surface area is 153 Å². The first-order valence-corrected chi connectivity index (χ1v) is 8.28. The van der Waals surface area contributed by atoms with Gasteiger partial charge in [0.25, 0.3) is 5.91 Å². The molecule has 0 aliphatic heterocycles. The molecule has 2 aromatic carbocycles. The van der Waals surface area contributed by atoms with Crippen LogP contribution in [0.2, 0.25) is 5.02 Å². The van der Waals surface area contributed by atoms with E-state index in [2.05, 4.69) is 5.32 Å². The molecule has 0 unspecified atom stereocenters. The third kappa shape index (κ3) is 5.50. The summed E-state index contributed by atoms with van der Waals surface area (Å²) in [6, 6.07) is 14.6. The predicted molar refractivity (Wildman–Crippen MR) is 101 cm³/mol. The summed E-state index contributed by atoms with van der Waals surface area (Å²) in [6.07, 6.45) is 0. The summed E-state index contributed by atoms with van der Waals surface area (Å²) in [7, 11) is 5.67. The standard InChI is InChI=1S/C19H22ClN3O2/c1-22(2)17-9-7-14(8-10-17)13-23(3)18(24)12-21-19(25)15-5-4-6-16(20)11-15/h4-11H,12-13H2,1-3H3,(H,21,25).